The molecule has 150 valence electrons. The van der Waals surface area contributed by atoms with Gasteiger partial charge in [0.15, 0.2) is 0 Å². The van der Waals surface area contributed by atoms with Crippen molar-refractivity contribution in [3.05, 3.63) is 53.8 Å². The van der Waals surface area contributed by atoms with Crippen LogP contribution >= 0.6 is 0 Å². The highest BCUT2D eigenvalue weighted by atomic mass is 32.2. The van der Waals surface area contributed by atoms with Crippen molar-refractivity contribution in [1.29, 1.82) is 0 Å². The van der Waals surface area contributed by atoms with Gasteiger partial charge in [0, 0.05) is 44.2 Å². The van der Waals surface area contributed by atoms with E-state index in [9.17, 15) is 12.8 Å². The number of nitrogens with zero attached hydrogens (tertiary/aromatic N) is 1. The highest BCUT2D eigenvalue weighted by Crippen LogP contribution is 2.44. The van der Waals surface area contributed by atoms with Crippen molar-refractivity contribution >= 4 is 9.84 Å². The number of rotatable bonds is 3. The standard InChI is InChI=1S/C21H25FN2O3S/c1-21(2)14-19(24-10-8-23-9-11-24)18-7-6-17(13-20(18)27-21)28(25,26)16-5-3-4-15(22)12-16/h3-7,12-13,19,23H,8-11,14H2,1-2H3. The maximum absolute atomic E-state index is 13.5. The van der Waals surface area contributed by atoms with Crippen LogP contribution in [0.4, 0.5) is 4.39 Å². The van der Waals surface area contributed by atoms with Crippen LogP contribution in [0.1, 0.15) is 31.9 Å². The van der Waals surface area contributed by atoms with Crippen molar-refractivity contribution in [1.82, 2.24) is 10.2 Å². The van der Waals surface area contributed by atoms with E-state index in [2.05, 4.69) is 10.2 Å². The first-order valence-electron chi connectivity index (χ1n) is 9.55. The molecule has 0 aromatic heterocycles. The smallest absolute Gasteiger partial charge is 0.206 e. The second-order valence-electron chi connectivity index (χ2n) is 8.03. The third kappa shape index (κ3) is 3.66. The number of benzene rings is 2. The molecular formula is C21H25FN2O3S. The number of fused-ring (bicyclic) bond motifs is 1. The van der Waals surface area contributed by atoms with E-state index < -0.39 is 21.3 Å². The van der Waals surface area contributed by atoms with Crippen molar-refractivity contribution < 1.29 is 17.5 Å². The van der Waals surface area contributed by atoms with Gasteiger partial charge in [0.2, 0.25) is 9.84 Å². The maximum atomic E-state index is 13.5. The van der Waals surface area contributed by atoms with Crippen molar-refractivity contribution in [2.24, 2.45) is 0 Å². The van der Waals surface area contributed by atoms with Crippen LogP contribution in [0.2, 0.25) is 0 Å². The van der Waals surface area contributed by atoms with Crippen LogP contribution in [-0.2, 0) is 9.84 Å². The third-order valence-electron chi connectivity index (χ3n) is 5.42. The summed E-state index contributed by atoms with van der Waals surface area (Å²) in [5.41, 5.74) is 0.614. The number of nitrogens with one attached hydrogen (secondary N) is 1. The predicted molar refractivity (Wildman–Crippen MR) is 105 cm³/mol. The summed E-state index contributed by atoms with van der Waals surface area (Å²) in [6.45, 7) is 7.84. The Bertz CT molecular complexity index is 985. The van der Waals surface area contributed by atoms with E-state index in [4.69, 9.17) is 4.74 Å². The Morgan fingerprint density at radius 3 is 2.54 bits per heavy atom. The molecule has 0 amide bonds. The second kappa shape index (κ2) is 7.13. The van der Waals surface area contributed by atoms with Gasteiger partial charge in [-0.05, 0) is 44.2 Å². The molecule has 2 heterocycles. The second-order valence-corrected chi connectivity index (χ2v) is 9.98. The summed E-state index contributed by atoms with van der Waals surface area (Å²) in [6, 6.07) is 10.3. The van der Waals surface area contributed by atoms with E-state index in [1.165, 1.54) is 18.2 Å². The topological polar surface area (TPSA) is 58.6 Å². The van der Waals surface area contributed by atoms with Gasteiger partial charge in [-0.15, -0.1) is 0 Å². The lowest BCUT2D eigenvalue weighted by molar-refractivity contribution is 0.0257. The molecule has 1 saturated heterocycles. The van der Waals surface area contributed by atoms with Crippen LogP contribution in [-0.4, -0.2) is 45.1 Å². The number of ether oxygens (including phenoxy) is 1. The van der Waals surface area contributed by atoms with Crippen molar-refractivity contribution in [2.45, 2.75) is 41.7 Å². The summed E-state index contributed by atoms with van der Waals surface area (Å²) in [4.78, 5) is 2.50. The summed E-state index contributed by atoms with van der Waals surface area (Å²) < 4.78 is 45.7. The Kier molecular flexibility index (Phi) is 4.93. The first kappa shape index (κ1) is 19.4. The van der Waals surface area contributed by atoms with Crippen LogP contribution in [0, 0.1) is 5.82 Å². The number of hydrogen-bond donors (Lipinski definition) is 1. The predicted octanol–water partition coefficient (Wildman–Crippen LogP) is 3.17. The number of halogens is 1. The van der Waals surface area contributed by atoms with Gasteiger partial charge >= 0.3 is 0 Å². The first-order chi connectivity index (χ1) is 13.3. The highest BCUT2D eigenvalue weighted by molar-refractivity contribution is 7.91. The minimum Gasteiger partial charge on any atom is -0.487 e. The lowest BCUT2D eigenvalue weighted by atomic mass is 9.88. The van der Waals surface area contributed by atoms with Gasteiger partial charge in [-0.1, -0.05) is 12.1 Å². The van der Waals surface area contributed by atoms with Gasteiger partial charge in [0.25, 0.3) is 0 Å². The third-order valence-corrected chi connectivity index (χ3v) is 7.17. The fourth-order valence-electron chi connectivity index (χ4n) is 4.05. The normalized spacial score (nSPS) is 22.3. The first-order valence-corrected chi connectivity index (χ1v) is 11.0. The molecule has 2 aromatic carbocycles. The van der Waals surface area contributed by atoms with Gasteiger partial charge in [-0.3, -0.25) is 4.90 Å². The number of piperazine rings is 1. The Morgan fingerprint density at radius 2 is 1.82 bits per heavy atom. The summed E-state index contributed by atoms with van der Waals surface area (Å²) in [5.74, 6) is 0.0208. The summed E-state index contributed by atoms with van der Waals surface area (Å²) in [6.07, 6.45) is 0.843. The molecule has 1 fully saturated rings. The minimum absolute atomic E-state index is 0.0545. The lowest BCUT2D eigenvalue weighted by Gasteiger charge is -2.44. The number of hydrogen-bond acceptors (Lipinski definition) is 5. The van der Waals surface area contributed by atoms with Crippen LogP contribution in [0.15, 0.2) is 52.3 Å². The van der Waals surface area contributed by atoms with Crippen molar-refractivity contribution in [2.75, 3.05) is 26.2 Å². The minimum atomic E-state index is -3.82. The molecule has 0 spiro atoms. The van der Waals surface area contributed by atoms with Crippen molar-refractivity contribution in [3.8, 4) is 5.75 Å². The largest absolute Gasteiger partial charge is 0.487 e. The number of sulfone groups is 1. The summed E-state index contributed by atoms with van der Waals surface area (Å²) in [7, 11) is -3.82. The van der Waals surface area contributed by atoms with Crippen LogP contribution in [0.3, 0.4) is 0 Å². The van der Waals surface area contributed by atoms with Crippen molar-refractivity contribution in [3.63, 3.8) is 0 Å². The molecule has 2 aromatic rings. The van der Waals surface area contributed by atoms with Gasteiger partial charge in [-0.25, -0.2) is 12.8 Å². The van der Waals surface area contributed by atoms with E-state index in [0.717, 1.165) is 44.2 Å². The molecule has 4 rings (SSSR count). The van der Waals surface area contributed by atoms with Crippen LogP contribution < -0.4 is 10.1 Å². The Hall–Kier alpha value is -1.96. The quantitative estimate of drug-likeness (QED) is 0.852. The molecule has 5 nitrogen and oxygen atoms in total. The van der Waals surface area contributed by atoms with Gasteiger partial charge in [0.1, 0.15) is 17.2 Å². The summed E-state index contributed by atoms with van der Waals surface area (Å²) in [5, 5.41) is 3.37. The van der Waals surface area contributed by atoms with E-state index in [0.29, 0.717) is 5.75 Å². The molecule has 7 heteroatoms. The Balaban J connectivity index is 1.74. The fourth-order valence-corrected chi connectivity index (χ4v) is 5.36. The zero-order valence-corrected chi connectivity index (χ0v) is 16.9. The van der Waals surface area contributed by atoms with Gasteiger partial charge in [0.05, 0.1) is 9.79 Å². The lowest BCUT2D eigenvalue weighted by Crippen LogP contribution is -2.48. The average molecular weight is 405 g/mol. The summed E-state index contributed by atoms with van der Waals surface area (Å²) >= 11 is 0. The zero-order chi connectivity index (χ0) is 19.9. The van der Waals surface area contributed by atoms with Crippen LogP contribution in [0.25, 0.3) is 0 Å². The maximum Gasteiger partial charge on any atom is 0.206 e. The molecule has 0 aliphatic carbocycles. The molecule has 0 bridgehead atoms. The van der Waals surface area contributed by atoms with E-state index in [1.807, 2.05) is 19.9 Å². The Morgan fingerprint density at radius 1 is 1.11 bits per heavy atom. The van der Waals surface area contributed by atoms with Gasteiger partial charge < -0.3 is 10.1 Å². The van der Waals surface area contributed by atoms with Gasteiger partial charge in [-0.2, -0.15) is 0 Å². The molecule has 0 radical (unpaired) electrons. The molecule has 0 saturated carbocycles. The average Bonchev–Trinajstić information content (AvgIpc) is 2.67. The molecule has 1 atom stereocenters. The SMILES string of the molecule is CC1(C)CC(N2CCNCC2)c2ccc(S(=O)(=O)c3cccc(F)c3)cc2O1. The molecule has 1 unspecified atom stereocenters. The molecule has 2 aliphatic rings. The van der Waals surface area contributed by atoms with Crippen LogP contribution in [0.5, 0.6) is 5.75 Å². The van der Waals surface area contributed by atoms with E-state index >= 15 is 0 Å². The monoisotopic (exact) mass is 404 g/mol. The molecule has 1 N–H and O–H groups in total. The zero-order valence-electron chi connectivity index (χ0n) is 16.1. The molecular weight excluding hydrogens is 379 g/mol. The fraction of sp³-hybridized carbons (Fsp3) is 0.429. The molecule has 28 heavy (non-hydrogen) atoms. The van der Waals surface area contributed by atoms with E-state index in [-0.39, 0.29) is 15.8 Å². The highest BCUT2D eigenvalue weighted by Gasteiger charge is 2.37. The Labute approximate surface area is 165 Å². The van der Waals surface area contributed by atoms with E-state index in [1.54, 1.807) is 12.1 Å². The molecule has 2 aliphatic heterocycles.